The highest BCUT2D eigenvalue weighted by Gasteiger charge is 2.30. The van der Waals surface area contributed by atoms with E-state index < -0.39 is 24.3 Å². The van der Waals surface area contributed by atoms with E-state index in [1.165, 1.54) is 23.5 Å². The minimum Gasteiger partial charge on any atom is -0.484 e. The second-order valence-electron chi connectivity index (χ2n) is 5.82. The molecule has 1 amide bonds. The van der Waals surface area contributed by atoms with Crippen LogP contribution in [0.25, 0.3) is 11.3 Å². The zero-order valence-electron chi connectivity index (χ0n) is 15.3. The summed E-state index contributed by atoms with van der Waals surface area (Å²) >= 11 is 2.91. The number of anilines is 1. The summed E-state index contributed by atoms with van der Waals surface area (Å²) in [4.78, 5) is 16.9. The highest BCUT2D eigenvalue weighted by Crippen LogP contribution is 2.37. The average molecular weight is 438 g/mol. The van der Waals surface area contributed by atoms with Crippen molar-refractivity contribution in [1.82, 2.24) is 4.98 Å². The summed E-state index contributed by atoms with van der Waals surface area (Å²) in [6.45, 7) is 1.60. The minimum absolute atomic E-state index is 0.0233. The number of carbonyl (C=O) groups is 1. The van der Waals surface area contributed by atoms with Crippen LogP contribution >= 0.6 is 23.1 Å². The van der Waals surface area contributed by atoms with Gasteiger partial charge in [0.2, 0.25) is 0 Å². The molecule has 9 heteroatoms. The number of thioether (sulfide) groups is 1. The van der Waals surface area contributed by atoms with Gasteiger partial charge in [0.25, 0.3) is 5.91 Å². The molecule has 4 nitrogen and oxygen atoms in total. The van der Waals surface area contributed by atoms with Crippen LogP contribution in [0.5, 0.6) is 5.75 Å². The Morgan fingerprint density at radius 1 is 1.17 bits per heavy atom. The summed E-state index contributed by atoms with van der Waals surface area (Å²) in [5.74, 6) is 0.342. The first-order chi connectivity index (χ1) is 13.9. The SMILES string of the molecule is CCSc1nc(-c2ccccc2)c(NC(=O)COc2cccc(C(F)(F)F)c2)s1. The molecular formula is C20H17F3N2O2S2. The van der Waals surface area contributed by atoms with Crippen molar-refractivity contribution in [3.8, 4) is 17.0 Å². The Morgan fingerprint density at radius 2 is 1.93 bits per heavy atom. The monoisotopic (exact) mass is 438 g/mol. The molecule has 0 spiro atoms. The Hall–Kier alpha value is -2.52. The number of nitrogens with one attached hydrogen (secondary N) is 1. The molecule has 1 heterocycles. The van der Waals surface area contributed by atoms with Crippen molar-refractivity contribution in [1.29, 1.82) is 0 Å². The van der Waals surface area contributed by atoms with Gasteiger partial charge in [-0.15, -0.1) is 0 Å². The standard InChI is InChI=1S/C20H17F3N2O2S2/c1-2-28-19-25-17(13-7-4-3-5-8-13)18(29-19)24-16(26)12-27-15-10-6-9-14(11-15)20(21,22)23/h3-11H,2,12H2,1H3,(H,24,26). The summed E-state index contributed by atoms with van der Waals surface area (Å²) in [6.07, 6.45) is -4.47. The average Bonchev–Trinajstić information content (AvgIpc) is 3.09. The van der Waals surface area contributed by atoms with Gasteiger partial charge < -0.3 is 10.1 Å². The molecule has 0 saturated carbocycles. The van der Waals surface area contributed by atoms with Crippen LogP contribution in [0.1, 0.15) is 12.5 Å². The number of amides is 1. The molecule has 3 aromatic rings. The Kier molecular flexibility index (Phi) is 6.81. The third-order valence-electron chi connectivity index (χ3n) is 3.71. The minimum atomic E-state index is -4.47. The van der Waals surface area contributed by atoms with Crippen LogP contribution in [0.4, 0.5) is 18.2 Å². The molecule has 0 bridgehead atoms. The topological polar surface area (TPSA) is 51.2 Å². The predicted molar refractivity (Wildman–Crippen MR) is 110 cm³/mol. The van der Waals surface area contributed by atoms with E-state index in [1.807, 2.05) is 37.3 Å². The van der Waals surface area contributed by atoms with Gasteiger partial charge in [-0.3, -0.25) is 4.79 Å². The molecule has 152 valence electrons. The van der Waals surface area contributed by atoms with Crippen molar-refractivity contribution in [3.05, 3.63) is 60.2 Å². The second-order valence-corrected chi connectivity index (χ2v) is 8.33. The van der Waals surface area contributed by atoms with E-state index in [1.54, 1.807) is 11.8 Å². The van der Waals surface area contributed by atoms with Gasteiger partial charge in [0.1, 0.15) is 16.4 Å². The normalized spacial score (nSPS) is 11.3. The van der Waals surface area contributed by atoms with E-state index >= 15 is 0 Å². The van der Waals surface area contributed by atoms with Crippen LogP contribution in [-0.4, -0.2) is 23.3 Å². The maximum absolute atomic E-state index is 12.8. The number of rotatable bonds is 7. The number of aromatic nitrogens is 1. The number of halogens is 3. The second kappa shape index (κ2) is 9.32. The molecule has 0 saturated heterocycles. The highest BCUT2D eigenvalue weighted by atomic mass is 32.2. The number of alkyl halides is 3. The van der Waals surface area contributed by atoms with Crippen LogP contribution in [0.3, 0.4) is 0 Å². The lowest BCUT2D eigenvalue weighted by Gasteiger charge is -2.10. The lowest BCUT2D eigenvalue weighted by atomic mass is 10.2. The van der Waals surface area contributed by atoms with Gasteiger partial charge in [-0.05, 0) is 24.0 Å². The van der Waals surface area contributed by atoms with Crippen molar-refractivity contribution < 1.29 is 22.7 Å². The Bertz CT molecular complexity index is 975. The zero-order valence-corrected chi connectivity index (χ0v) is 17.0. The zero-order chi connectivity index (χ0) is 20.9. The summed E-state index contributed by atoms with van der Waals surface area (Å²) in [5.41, 5.74) is 0.685. The molecule has 1 aromatic heterocycles. The number of carbonyl (C=O) groups excluding carboxylic acids is 1. The molecule has 0 atom stereocenters. The van der Waals surface area contributed by atoms with E-state index in [4.69, 9.17) is 4.74 Å². The molecule has 0 radical (unpaired) electrons. The molecule has 0 fully saturated rings. The lowest BCUT2D eigenvalue weighted by Crippen LogP contribution is -2.20. The Labute approximate surface area is 174 Å². The maximum Gasteiger partial charge on any atom is 0.416 e. The lowest BCUT2D eigenvalue weighted by molar-refractivity contribution is -0.137. The van der Waals surface area contributed by atoms with Crippen LogP contribution in [0.15, 0.2) is 58.9 Å². The molecule has 0 aliphatic heterocycles. The summed E-state index contributed by atoms with van der Waals surface area (Å²) in [5, 5.41) is 3.33. The van der Waals surface area contributed by atoms with Gasteiger partial charge in [-0.25, -0.2) is 4.98 Å². The fourth-order valence-corrected chi connectivity index (χ4v) is 4.41. The number of nitrogens with zero attached hydrogens (tertiary/aromatic N) is 1. The predicted octanol–water partition coefficient (Wildman–Crippen LogP) is 5.96. The van der Waals surface area contributed by atoms with E-state index in [0.717, 1.165) is 27.8 Å². The van der Waals surface area contributed by atoms with Crippen LogP contribution in [-0.2, 0) is 11.0 Å². The van der Waals surface area contributed by atoms with E-state index in [9.17, 15) is 18.0 Å². The van der Waals surface area contributed by atoms with Crippen LogP contribution in [0, 0.1) is 0 Å². The van der Waals surface area contributed by atoms with E-state index in [-0.39, 0.29) is 5.75 Å². The van der Waals surface area contributed by atoms with E-state index in [0.29, 0.717) is 10.7 Å². The molecule has 3 rings (SSSR count). The molecule has 2 aromatic carbocycles. The molecule has 0 aliphatic rings. The molecular weight excluding hydrogens is 421 g/mol. The number of benzene rings is 2. The molecule has 0 aliphatic carbocycles. The highest BCUT2D eigenvalue weighted by molar-refractivity contribution is 8.01. The number of hydrogen-bond donors (Lipinski definition) is 1. The van der Waals surface area contributed by atoms with Gasteiger partial charge in [0.15, 0.2) is 10.9 Å². The number of hydrogen-bond acceptors (Lipinski definition) is 5. The summed E-state index contributed by atoms with van der Waals surface area (Å²) < 4.78 is 44.4. The first-order valence-electron chi connectivity index (χ1n) is 8.65. The first-order valence-corrected chi connectivity index (χ1v) is 10.5. The summed E-state index contributed by atoms with van der Waals surface area (Å²) in [7, 11) is 0. The van der Waals surface area contributed by atoms with E-state index in [2.05, 4.69) is 10.3 Å². The Morgan fingerprint density at radius 3 is 2.62 bits per heavy atom. The van der Waals surface area contributed by atoms with Gasteiger partial charge in [0, 0.05) is 5.56 Å². The van der Waals surface area contributed by atoms with Crippen molar-refractivity contribution in [2.24, 2.45) is 0 Å². The fraction of sp³-hybridized carbons (Fsp3) is 0.200. The van der Waals surface area contributed by atoms with Gasteiger partial charge in [-0.2, -0.15) is 13.2 Å². The molecule has 29 heavy (non-hydrogen) atoms. The largest absolute Gasteiger partial charge is 0.484 e. The van der Waals surface area contributed by atoms with Crippen molar-refractivity contribution in [3.63, 3.8) is 0 Å². The fourth-order valence-electron chi connectivity index (χ4n) is 2.44. The van der Waals surface area contributed by atoms with Gasteiger partial charge in [0.05, 0.1) is 5.56 Å². The van der Waals surface area contributed by atoms with Crippen molar-refractivity contribution in [2.75, 3.05) is 17.7 Å². The Balaban J connectivity index is 1.71. The summed E-state index contributed by atoms with van der Waals surface area (Å²) in [6, 6.07) is 13.9. The van der Waals surface area contributed by atoms with Crippen molar-refractivity contribution >= 4 is 34.0 Å². The van der Waals surface area contributed by atoms with Crippen LogP contribution in [0.2, 0.25) is 0 Å². The van der Waals surface area contributed by atoms with Gasteiger partial charge in [-0.1, -0.05) is 66.4 Å². The quantitative estimate of drug-likeness (QED) is 0.463. The van der Waals surface area contributed by atoms with Gasteiger partial charge >= 0.3 is 6.18 Å². The third kappa shape index (κ3) is 5.74. The number of ether oxygens (including phenoxy) is 1. The first kappa shape index (κ1) is 21.2. The molecule has 0 unspecified atom stereocenters. The molecule has 1 N–H and O–H groups in total. The third-order valence-corrected chi connectivity index (χ3v) is 5.70. The van der Waals surface area contributed by atoms with Crippen molar-refractivity contribution in [2.45, 2.75) is 17.4 Å². The smallest absolute Gasteiger partial charge is 0.416 e. The van der Waals surface area contributed by atoms with Crippen LogP contribution < -0.4 is 10.1 Å². The maximum atomic E-state index is 12.8. The number of thiazole rings is 1.